The highest BCUT2D eigenvalue weighted by Crippen LogP contribution is 2.20. The van der Waals surface area contributed by atoms with Gasteiger partial charge in [0.2, 0.25) is 0 Å². The molecular weight excluding hydrogens is 264 g/mol. The molecule has 0 aromatic rings. The molecule has 0 spiro atoms. The summed E-state index contributed by atoms with van der Waals surface area (Å²) in [7, 11) is 1.36. The second-order valence-corrected chi connectivity index (χ2v) is 6.24. The van der Waals surface area contributed by atoms with Crippen molar-refractivity contribution in [3.63, 3.8) is 0 Å². The predicted molar refractivity (Wildman–Crippen MR) is 86.1 cm³/mol. The number of carbonyl (C=O) groups is 1. The number of hydrogen-bond acceptors (Lipinski definition) is 3. The Morgan fingerprint density at radius 2 is 1.48 bits per heavy atom. The molecule has 0 aliphatic heterocycles. The van der Waals surface area contributed by atoms with Crippen molar-refractivity contribution >= 4 is 6.16 Å². The van der Waals surface area contributed by atoms with Crippen LogP contribution in [0.15, 0.2) is 11.8 Å². The lowest BCUT2D eigenvalue weighted by molar-refractivity contribution is 0.0938. The van der Waals surface area contributed by atoms with Gasteiger partial charge in [-0.05, 0) is 24.8 Å². The van der Waals surface area contributed by atoms with E-state index in [4.69, 9.17) is 4.74 Å². The van der Waals surface area contributed by atoms with E-state index in [9.17, 15) is 4.79 Å². The first-order chi connectivity index (χ1) is 10.2. The van der Waals surface area contributed by atoms with E-state index < -0.39 is 6.16 Å². The fraction of sp³-hybridized carbons (Fsp3) is 0.833. The van der Waals surface area contributed by atoms with E-state index in [1.165, 1.54) is 71.3 Å². The first-order valence-corrected chi connectivity index (χ1v) is 8.69. The molecule has 0 unspecified atom stereocenters. The van der Waals surface area contributed by atoms with Gasteiger partial charge in [0.1, 0.15) is 5.76 Å². The lowest BCUT2D eigenvalue weighted by Crippen LogP contribution is -2.06. The molecule has 0 heterocycles. The predicted octanol–water partition coefficient (Wildman–Crippen LogP) is 5.98. The van der Waals surface area contributed by atoms with Crippen LogP contribution in [0.3, 0.4) is 0 Å². The van der Waals surface area contributed by atoms with Gasteiger partial charge >= 0.3 is 6.16 Å². The maximum Gasteiger partial charge on any atom is 0.513 e. The maximum absolute atomic E-state index is 11.3. The summed E-state index contributed by atoms with van der Waals surface area (Å²) in [5, 5.41) is 0. The Labute approximate surface area is 130 Å². The molecule has 1 aliphatic rings. The molecule has 0 bridgehead atoms. The van der Waals surface area contributed by atoms with Gasteiger partial charge in [0, 0.05) is 6.42 Å². The molecule has 0 amide bonds. The quantitative estimate of drug-likeness (QED) is 0.558. The SMILES string of the molecule is COC(=O)OC1=C[C@H](C)CCCCCCCCCCCC1. The summed E-state index contributed by atoms with van der Waals surface area (Å²) >= 11 is 0. The zero-order valence-corrected chi connectivity index (χ0v) is 13.9. The molecule has 1 aliphatic carbocycles. The molecule has 3 nitrogen and oxygen atoms in total. The van der Waals surface area contributed by atoms with Crippen LogP contribution in [-0.2, 0) is 9.47 Å². The number of allylic oxidation sites excluding steroid dienone is 2. The molecule has 0 fully saturated rings. The highest BCUT2D eigenvalue weighted by Gasteiger charge is 2.09. The fourth-order valence-electron chi connectivity index (χ4n) is 2.90. The monoisotopic (exact) mass is 296 g/mol. The Kier molecular flexibility index (Phi) is 10.0. The minimum atomic E-state index is -0.591. The van der Waals surface area contributed by atoms with Gasteiger partial charge in [0.05, 0.1) is 7.11 Å². The van der Waals surface area contributed by atoms with E-state index in [-0.39, 0.29) is 0 Å². The Balaban J connectivity index is 2.52. The summed E-state index contributed by atoms with van der Waals surface area (Å²) < 4.78 is 9.91. The van der Waals surface area contributed by atoms with Gasteiger partial charge < -0.3 is 9.47 Å². The van der Waals surface area contributed by atoms with Crippen molar-refractivity contribution in [1.29, 1.82) is 0 Å². The Morgan fingerprint density at radius 1 is 0.952 bits per heavy atom. The van der Waals surface area contributed by atoms with E-state index in [0.29, 0.717) is 5.92 Å². The molecule has 122 valence electrons. The van der Waals surface area contributed by atoms with Crippen LogP contribution in [0.1, 0.15) is 84.0 Å². The van der Waals surface area contributed by atoms with Crippen molar-refractivity contribution in [3.05, 3.63) is 11.8 Å². The largest absolute Gasteiger partial charge is 0.513 e. The zero-order chi connectivity index (χ0) is 15.3. The molecular formula is C18H32O3. The number of ether oxygens (including phenoxy) is 2. The molecule has 0 radical (unpaired) electrons. The summed E-state index contributed by atoms with van der Waals surface area (Å²) in [6, 6.07) is 0. The van der Waals surface area contributed by atoms with Gasteiger partial charge in [-0.2, -0.15) is 0 Å². The smallest absolute Gasteiger partial charge is 0.437 e. The van der Waals surface area contributed by atoms with Crippen molar-refractivity contribution in [2.75, 3.05) is 7.11 Å². The Hall–Kier alpha value is -0.990. The molecule has 3 heteroatoms. The van der Waals surface area contributed by atoms with E-state index in [2.05, 4.69) is 17.7 Å². The second kappa shape index (κ2) is 11.6. The van der Waals surface area contributed by atoms with Gasteiger partial charge in [-0.25, -0.2) is 4.79 Å². The molecule has 0 N–H and O–H groups in total. The zero-order valence-electron chi connectivity index (χ0n) is 13.9. The highest BCUT2D eigenvalue weighted by molar-refractivity contribution is 5.61. The first kappa shape index (κ1) is 18.1. The number of rotatable bonds is 1. The van der Waals surface area contributed by atoms with Crippen LogP contribution in [0.2, 0.25) is 0 Å². The molecule has 0 aromatic carbocycles. The van der Waals surface area contributed by atoms with Crippen LogP contribution < -0.4 is 0 Å². The number of carbonyl (C=O) groups excluding carboxylic acids is 1. The lowest BCUT2D eigenvalue weighted by Gasteiger charge is -2.11. The van der Waals surface area contributed by atoms with Crippen LogP contribution >= 0.6 is 0 Å². The Bertz CT molecular complexity index is 310. The van der Waals surface area contributed by atoms with Crippen LogP contribution in [0.4, 0.5) is 4.79 Å². The van der Waals surface area contributed by atoms with E-state index in [1.807, 2.05) is 0 Å². The number of hydrogen-bond donors (Lipinski definition) is 0. The fourth-order valence-corrected chi connectivity index (χ4v) is 2.90. The van der Waals surface area contributed by atoms with Crippen LogP contribution in [0.5, 0.6) is 0 Å². The minimum absolute atomic E-state index is 0.467. The van der Waals surface area contributed by atoms with Crippen LogP contribution in [-0.4, -0.2) is 13.3 Å². The third kappa shape index (κ3) is 9.54. The molecule has 1 rings (SSSR count). The standard InChI is InChI=1S/C18H32O3/c1-16-13-11-9-7-5-3-4-6-8-10-12-14-17(15-16)21-18(19)20-2/h15-16H,3-14H2,1-2H3/t16-/m1/s1. The van der Waals surface area contributed by atoms with Crippen molar-refractivity contribution in [3.8, 4) is 0 Å². The van der Waals surface area contributed by atoms with Gasteiger partial charge in [0.25, 0.3) is 0 Å². The summed E-state index contributed by atoms with van der Waals surface area (Å²) in [6.45, 7) is 2.21. The van der Waals surface area contributed by atoms with Gasteiger partial charge in [-0.3, -0.25) is 0 Å². The Morgan fingerprint density at radius 3 is 2.05 bits per heavy atom. The van der Waals surface area contributed by atoms with Gasteiger partial charge in [0.15, 0.2) is 0 Å². The van der Waals surface area contributed by atoms with Gasteiger partial charge in [-0.15, -0.1) is 0 Å². The van der Waals surface area contributed by atoms with Crippen LogP contribution in [0.25, 0.3) is 0 Å². The van der Waals surface area contributed by atoms with E-state index in [0.717, 1.165) is 18.6 Å². The minimum Gasteiger partial charge on any atom is -0.437 e. The average molecular weight is 296 g/mol. The van der Waals surface area contributed by atoms with Crippen molar-refractivity contribution in [2.45, 2.75) is 84.0 Å². The van der Waals surface area contributed by atoms with E-state index in [1.54, 1.807) is 0 Å². The summed E-state index contributed by atoms with van der Waals surface area (Å²) in [5.41, 5.74) is 0. The second-order valence-electron chi connectivity index (χ2n) is 6.24. The van der Waals surface area contributed by atoms with Crippen molar-refractivity contribution < 1.29 is 14.3 Å². The van der Waals surface area contributed by atoms with E-state index >= 15 is 0 Å². The third-order valence-corrected chi connectivity index (χ3v) is 4.18. The molecule has 21 heavy (non-hydrogen) atoms. The average Bonchev–Trinajstić information content (AvgIpc) is 2.47. The molecule has 1 atom stereocenters. The topological polar surface area (TPSA) is 35.5 Å². The molecule has 0 saturated carbocycles. The highest BCUT2D eigenvalue weighted by atomic mass is 16.7. The summed E-state index contributed by atoms with van der Waals surface area (Å²) in [4.78, 5) is 11.3. The molecule has 0 saturated heterocycles. The summed E-state index contributed by atoms with van der Waals surface area (Å²) in [5.74, 6) is 1.26. The van der Waals surface area contributed by atoms with Crippen LogP contribution in [0, 0.1) is 5.92 Å². The number of methoxy groups -OCH3 is 1. The maximum atomic E-state index is 11.3. The van der Waals surface area contributed by atoms with Crippen molar-refractivity contribution in [2.24, 2.45) is 5.92 Å². The van der Waals surface area contributed by atoms with Gasteiger partial charge in [-0.1, -0.05) is 64.7 Å². The molecule has 0 aromatic heterocycles. The first-order valence-electron chi connectivity index (χ1n) is 8.69. The third-order valence-electron chi connectivity index (χ3n) is 4.18. The normalized spacial score (nSPS) is 23.3. The van der Waals surface area contributed by atoms with Crippen molar-refractivity contribution in [1.82, 2.24) is 0 Å². The lowest BCUT2D eigenvalue weighted by atomic mass is 10.0. The summed E-state index contributed by atoms with van der Waals surface area (Å²) in [6.07, 6.45) is 16.6.